The van der Waals surface area contributed by atoms with Gasteiger partial charge in [0.25, 0.3) is 11.6 Å². The second kappa shape index (κ2) is 6.77. The third-order valence-corrected chi connectivity index (χ3v) is 3.85. The number of nitro groups is 1. The van der Waals surface area contributed by atoms with E-state index in [-0.39, 0.29) is 17.3 Å². The van der Waals surface area contributed by atoms with E-state index in [0.29, 0.717) is 10.0 Å². The van der Waals surface area contributed by atoms with Crippen LogP contribution in [-0.2, 0) is 0 Å². The Bertz CT molecular complexity index is 734. The van der Waals surface area contributed by atoms with Crippen molar-refractivity contribution in [3.8, 4) is 0 Å². The summed E-state index contributed by atoms with van der Waals surface area (Å²) in [5.74, 6) is -0.401. The zero-order valence-corrected chi connectivity index (χ0v) is 13.1. The van der Waals surface area contributed by atoms with Gasteiger partial charge in [0.2, 0.25) is 0 Å². The number of nitro benzene ring substituents is 1. The van der Waals surface area contributed by atoms with E-state index in [1.807, 2.05) is 0 Å². The molecule has 1 N–H and O–H groups in total. The summed E-state index contributed by atoms with van der Waals surface area (Å²) >= 11 is 11.8. The molecule has 1 atom stereocenters. The molecule has 114 valence electrons. The summed E-state index contributed by atoms with van der Waals surface area (Å²) in [6, 6.07) is 10.3. The van der Waals surface area contributed by atoms with E-state index in [2.05, 4.69) is 5.32 Å². The molecular weight excluding hydrogens is 327 g/mol. The Kier molecular flexibility index (Phi) is 5.00. The fourth-order valence-electron chi connectivity index (χ4n) is 1.91. The van der Waals surface area contributed by atoms with Crippen molar-refractivity contribution in [2.24, 2.45) is 0 Å². The number of hydrogen-bond acceptors (Lipinski definition) is 3. The smallest absolute Gasteiger partial charge is 0.270 e. The number of hydrogen-bond donors (Lipinski definition) is 1. The highest BCUT2D eigenvalue weighted by Crippen LogP contribution is 2.25. The molecule has 0 radical (unpaired) electrons. The average molecular weight is 339 g/mol. The fraction of sp³-hybridized carbons (Fsp3) is 0.133. The number of benzene rings is 2. The van der Waals surface area contributed by atoms with E-state index < -0.39 is 10.8 Å². The maximum atomic E-state index is 12.2. The third-order valence-electron chi connectivity index (χ3n) is 3.11. The lowest BCUT2D eigenvalue weighted by atomic mass is 10.1. The summed E-state index contributed by atoms with van der Waals surface area (Å²) < 4.78 is 0. The Morgan fingerprint density at radius 3 is 2.55 bits per heavy atom. The first-order valence-corrected chi connectivity index (χ1v) is 7.14. The van der Waals surface area contributed by atoms with Crippen LogP contribution >= 0.6 is 23.2 Å². The molecule has 0 aliphatic rings. The van der Waals surface area contributed by atoms with Crippen LogP contribution in [0.4, 0.5) is 5.69 Å². The normalized spacial score (nSPS) is 11.8. The van der Waals surface area contributed by atoms with Gasteiger partial charge in [-0.25, -0.2) is 0 Å². The molecule has 0 aliphatic carbocycles. The molecule has 0 bridgehead atoms. The SMILES string of the molecule is CC(NC(=O)c1cccc([N+](=O)[O-])c1)c1ccc(Cl)c(Cl)c1. The van der Waals surface area contributed by atoms with E-state index in [1.165, 1.54) is 24.3 Å². The molecule has 22 heavy (non-hydrogen) atoms. The topological polar surface area (TPSA) is 72.2 Å². The predicted octanol–water partition coefficient (Wildman–Crippen LogP) is 4.39. The zero-order valence-electron chi connectivity index (χ0n) is 11.5. The summed E-state index contributed by atoms with van der Waals surface area (Å²) in [6.45, 7) is 1.79. The Balaban J connectivity index is 2.15. The summed E-state index contributed by atoms with van der Waals surface area (Å²) in [5, 5.41) is 14.3. The molecule has 5 nitrogen and oxygen atoms in total. The Morgan fingerprint density at radius 2 is 1.91 bits per heavy atom. The summed E-state index contributed by atoms with van der Waals surface area (Å²) in [5.41, 5.74) is 0.879. The van der Waals surface area contributed by atoms with Gasteiger partial charge in [0.15, 0.2) is 0 Å². The van der Waals surface area contributed by atoms with Gasteiger partial charge >= 0.3 is 0 Å². The van der Waals surface area contributed by atoms with Crippen LogP contribution in [0.2, 0.25) is 10.0 Å². The van der Waals surface area contributed by atoms with E-state index in [0.717, 1.165) is 5.56 Å². The Morgan fingerprint density at radius 1 is 1.18 bits per heavy atom. The second-order valence-corrected chi connectivity index (χ2v) is 5.49. The number of nitrogens with one attached hydrogen (secondary N) is 1. The average Bonchev–Trinajstić information content (AvgIpc) is 2.50. The highest BCUT2D eigenvalue weighted by atomic mass is 35.5. The van der Waals surface area contributed by atoms with Gasteiger partial charge in [-0.05, 0) is 30.7 Å². The Hall–Kier alpha value is -2.11. The fourth-order valence-corrected chi connectivity index (χ4v) is 2.21. The number of rotatable bonds is 4. The molecule has 2 rings (SSSR count). The molecule has 7 heteroatoms. The van der Waals surface area contributed by atoms with Crippen molar-refractivity contribution in [2.45, 2.75) is 13.0 Å². The minimum absolute atomic E-state index is 0.130. The molecule has 0 heterocycles. The number of nitrogens with zero attached hydrogens (tertiary/aromatic N) is 1. The second-order valence-electron chi connectivity index (χ2n) is 4.68. The van der Waals surface area contributed by atoms with E-state index in [4.69, 9.17) is 23.2 Å². The van der Waals surface area contributed by atoms with Crippen LogP contribution in [0.3, 0.4) is 0 Å². The van der Waals surface area contributed by atoms with Crippen molar-refractivity contribution in [1.29, 1.82) is 0 Å². The molecule has 0 saturated carbocycles. The van der Waals surface area contributed by atoms with Crippen LogP contribution in [0.1, 0.15) is 28.9 Å². The van der Waals surface area contributed by atoms with Crippen molar-refractivity contribution in [3.63, 3.8) is 0 Å². The standard InChI is InChI=1S/C15H12Cl2N2O3/c1-9(10-5-6-13(16)14(17)8-10)18-15(20)11-3-2-4-12(7-11)19(21)22/h2-9H,1H3,(H,18,20). The van der Waals surface area contributed by atoms with Crippen molar-refractivity contribution >= 4 is 34.8 Å². The van der Waals surface area contributed by atoms with E-state index in [9.17, 15) is 14.9 Å². The minimum atomic E-state index is -0.542. The Labute approximate surface area is 137 Å². The number of non-ortho nitro benzene ring substituents is 1. The monoisotopic (exact) mass is 338 g/mol. The van der Waals surface area contributed by atoms with Gasteiger partial charge in [-0.3, -0.25) is 14.9 Å². The summed E-state index contributed by atoms with van der Waals surface area (Å²) in [7, 11) is 0. The number of amides is 1. The van der Waals surface area contributed by atoms with Gasteiger partial charge in [0.1, 0.15) is 0 Å². The van der Waals surface area contributed by atoms with Crippen LogP contribution in [0.25, 0.3) is 0 Å². The molecule has 0 spiro atoms. The van der Waals surface area contributed by atoms with Gasteiger partial charge in [0.05, 0.1) is 21.0 Å². The van der Waals surface area contributed by atoms with Crippen LogP contribution in [0.15, 0.2) is 42.5 Å². The van der Waals surface area contributed by atoms with Crippen LogP contribution in [0, 0.1) is 10.1 Å². The summed E-state index contributed by atoms with van der Waals surface area (Å²) in [4.78, 5) is 22.4. The highest BCUT2D eigenvalue weighted by Gasteiger charge is 2.15. The van der Waals surface area contributed by atoms with Gasteiger partial charge in [-0.2, -0.15) is 0 Å². The molecular formula is C15H12Cl2N2O3. The predicted molar refractivity (Wildman–Crippen MR) is 85.4 cm³/mol. The van der Waals surface area contributed by atoms with Crippen molar-refractivity contribution in [2.75, 3.05) is 0 Å². The maximum Gasteiger partial charge on any atom is 0.270 e. The molecule has 0 fully saturated rings. The van der Waals surface area contributed by atoms with E-state index in [1.54, 1.807) is 25.1 Å². The molecule has 1 unspecified atom stereocenters. The van der Waals surface area contributed by atoms with Crippen LogP contribution < -0.4 is 5.32 Å². The molecule has 0 aliphatic heterocycles. The number of carbonyl (C=O) groups is 1. The quantitative estimate of drug-likeness (QED) is 0.663. The van der Waals surface area contributed by atoms with Gasteiger partial charge in [-0.1, -0.05) is 35.3 Å². The van der Waals surface area contributed by atoms with Crippen molar-refractivity contribution < 1.29 is 9.72 Å². The van der Waals surface area contributed by atoms with E-state index >= 15 is 0 Å². The highest BCUT2D eigenvalue weighted by molar-refractivity contribution is 6.42. The van der Waals surface area contributed by atoms with Crippen molar-refractivity contribution in [1.82, 2.24) is 5.32 Å². The lowest BCUT2D eigenvalue weighted by molar-refractivity contribution is -0.384. The van der Waals surface area contributed by atoms with Gasteiger partial charge in [0, 0.05) is 17.7 Å². The first-order valence-electron chi connectivity index (χ1n) is 6.38. The molecule has 1 amide bonds. The number of halogens is 2. The first kappa shape index (κ1) is 16.3. The van der Waals surface area contributed by atoms with Crippen LogP contribution in [-0.4, -0.2) is 10.8 Å². The summed E-state index contributed by atoms with van der Waals surface area (Å²) in [6.07, 6.45) is 0. The molecule has 2 aromatic carbocycles. The molecule has 0 aromatic heterocycles. The third kappa shape index (κ3) is 3.75. The number of carbonyl (C=O) groups excluding carboxylic acids is 1. The lowest BCUT2D eigenvalue weighted by Crippen LogP contribution is -2.26. The van der Waals surface area contributed by atoms with Crippen LogP contribution in [0.5, 0.6) is 0 Å². The molecule has 2 aromatic rings. The molecule has 0 saturated heterocycles. The largest absolute Gasteiger partial charge is 0.346 e. The zero-order chi connectivity index (χ0) is 16.3. The van der Waals surface area contributed by atoms with Gasteiger partial charge in [-0.15, -0.1) is 0 Å². The lowest BCUT2D eigenvalue weighted by Gasteiger charge is -2.15. The van der Waals surface area contributed by atoms with Crippen molar-refractivity contribution in [3.05, 3.63) is 73.8 Å². The maximum absolute atomic E-state index is 12.2. The first-order chi connectivity index (χ1) is 10.4. The van der Waals surface area contributed by atoms with Gasteiger partial charge < -0.3 is 5.32 Å². The minimum Gasteiger partial charge on any atom is -0.346 e.